The zero-order chi connectivity index (χ0) is 63.7. The number of carbonyl (C=O) groups is 5. The second-order valence-electron chi connectivity index (χ2n) is 20.9. The van der Waals surface area contributed by atoms with E-state index in [1.54, 1.807) is 0 Å². The summed E-state index contributed by atoms with van der Waals surface area (Å²) in [5.41, 5.74) is -4.81. The lowest BCUT2D eigenvalue weighted by molar-refractivity contribution is -0.275. The summed E-state index contributed by atoms with van der Waals surface area (Å²) in [5, 5.41) is 25.2. The normalized spacial score (nSPS) is 16.5. The van der Waals surface area contributed by atoms with Gasteiger partial charge in [0, 0.05) is 63.3 Å². The molecule has 1 fully saturated rings. The van der Waals surface area contributed by atoms with Crippen molar-refractivity contribution >= 4 is 62.7 Å². The molecule has 88 heavy (non-hydrogen) atoms. The van der Waals surface area contributed by atoms with Gasteiger partial charge in [-0.2, -0.15) is 4.48 Å². The highest BCUT2D eigenvalue weighted by Crippen LogP contribution is 2.64. The van der Waals surface area contributed by atoms with Gasteiger partial charge in [0.15, 0.2) is 5.69 Å². The molecule has 2 N–H and O–H groups in total. The Morgan fingerprint density at radius 1 is 0.523 bits per heavy atom. The van der Waals surface area contributed by atoms with E-state index in [4.69, 9.17) is 14.2 Å². The molecule has 3 atom stereocenters. The molecule has 0 radical (unpaired) electrons. The van der Waals surface area contributed by atoms with E-state index in [9.17, 15) is 59.3 Å². The Hall–Kier alpha value is -9.78. The molecule has 2 aromatic heterocycles. The number of amides is 1. The summed E-state index contributed by atoms with van der Waals surface area (Å²) in [7, 11) is 3.92. The van der Waals surface area contributed by atoms with Crippen LogP contribution in [0.2, 0.25) is 0 Å². The van der Waals surface area contributed by atoms with E-state index in [1.165, 1.54) is 96.7 Å². The van der Waals surface area contributed by atoms with Crippen LogP contribution in [-0.4, -0.2) is 89.4 Å². The van der Waals surface area contributed by atoms with Crippen molar-refractivity contribution in [2.75, 3.05) is 21.3 Å². The first-order chi connectivity index (χ1) is 41.5. The topological polar surface area (TPSA) is 191 Å². The maximum Gasteiger partial charge on any atom is 0.573 e. The van der Waals surface area contributed by atoms with Crippen LogP contribution < -0.4 is 32.9 Å². The number of alkyl halides is 9. The molecule has 0 spiro atoms. The SMILES string of the molecule is COc1ccc2c(c1)C(C(C(=O)O)c1c(C)n(C(=O)c3ccc(OC(F)(F)F)cc3)c3ccc(OC)cc13)=C(C)[N+]2(C(=O)c1ccc(OC(F)(F)F)cc1)C(C(=O)O)(c1c(C)n(C(=O)c2ccc(OC(F)(F)F)cc2)c2ccc(OC)cc12)C1CCCC1. The van der Waals surface area contributed by atoms with Gasteiger partial charge in [0.2, 0.25) is 5.54 Å². The van der Waals surface area contributed by atoms with E-state index >= 15 is 14.4 Å². The lowest BCUT2D eigenvalue weighted by atomic mass is 9.71. The van der Waals surface area contributed by atoms with Crippen LogP contribution in [0.25, 0.3) is 27.4 Å². The minimum atomic E-state index is -5.21. The van der Waals surface area contributed by atoms with Gasteiger partial charge in [-0.3, -0.25) is 23.5 Å². The van der Waals surface area contributed by atoms with E-state index in [0.717, 1.165) is 81.9 Å². The number of fused-ring (bicyclic) bond motifs is 3. The highest BCUT2D eigenvalue weighted by molar-refractivity contribution is 6.18. The monoisotopic (exact) mass is 1230 g/mol. The Balaban J connectivity index is 1.35. The minimum Gasteiger partial charge on any atom is -0.497 e. The first-order valence-electron chi connectivity index (χ1n) is 26.9. The lowest BCUT2D eigenvalue weighted by Crippen LogP contribution is -2.71. The molecular weight excluding hydrogens is 1180 g/mol. The molecule has 1 saturated carbocycles. The van der Waals surface area contributed by atoms with Crippen molar-refractivity contribution < 1.29 is 102 Å². The lowest BCUT2D eigenvalue weighted by Gasteiger charge is -2.50. The number of carboxylic acid groups (broad SMARTS) is 2. The number of ether oxygens (including phenoxy) is 6. The summed E-state index contributed by atoms with van der Waals surface area (Å²) in [4.78, 5) is 78.2. The Kier molecular flexibility index (Phi) is 15.7. The number of nitrogens with zero attached hydrogens (tertiary/aromatic N) is 3. The van der Waals surface area contributed by atoms with Crippen LogP contribution in [-0.2, 0) is 15.1 Å². The predicted molar refractivity (Wildman–Crippen MR) is 299 cm³/mol. The summed E-state index contributed by atoms with van der Waals surface area (Å²) >= 11 is 0. The minimum absolute atomic E-state index is 0.00405. The van der Waals surface area contributed by atoms with Crippen LogP contribution in [0.5, 0.6) is 34.5 Å². The standard InChI is InChI=1S/C63H50F9N3O13/c1-32-51(45-29-42(83-4)23-26-48(45)73(32)55(76)35-11-17-39(18-12-35)86-61(64,65)66)53(58(79)80)52-34(3)75(50-28-25-44(85-6)31-47(50)52,57(78)37-15-21-41(22-16-37)88-63(70,71)72)60(59(81)82,38-9-7-8-10-38)54-33(2)74(49-27-24-43(84-5)30-46(49)54)56(77)36-13-19-40(20-14-36)87-62(67,68)69/h11-31,38,53H,7-10H2,1-6H3,(H-,79,80,81,82)/p+1. The van der Waals surface area contributed by atoms with Crippen molar-refractivity contribution in [3.63, 3.8) is 0 Å². The van der Waals surface area contributed by atoms with E-state index in [2.05, 4.69) is 14.2 Å². The summed E-state index contributed by atoms with van der Waals surface area (Å²) in [6.45, 7) is 4.16. The first-order valence-corrected chi connectivity index (χ1v) is 26.9. The molecule has 8 aromatic rings. The fraction of sp³-hybridized carbons (Fsp3) is 0.254. The average molecular weight is 1230 g/mol. The van der Waals surface area contributed by atoms with Gasteiger partial charge in [0.05, 0.1) is 49.1 Å². The molecule has 16 nitrogen and oxygen atoms in total. The van der Waals surface area contributed by atoms with Gasteiger partial charge in [0.1, 0.15) is 46.1 Å². The third-order valence-electron chi connectivity index (χ3n) is 16.3. The molecule has 1 aliphatic carbocycles. The van der Waals surface area contributed by atoms with Crippen LogP contribution in [0.15, 0.2) is 133 Å². The van der Waals surface area contributed by atoms with Crippen molar-refractivity contribution in [1.29, 1.82) is 0 Å². The van der Waals surface area contributed by atoms with Gasteiger partial charge < -0.3 is 38.6 Å². The maximum atomic E-state index is 17.1. The van der Waals surface area contributed by atoms with Crippen molar-refractivity contribution in [2.45, 2.75) is 77.0 Å². The predicted octanol–water partition coefficient (Wildman–Crippen LogP) is 14.2. The molecule has 3 unspecified atom stereocenters. The van der Waals surface area contributed by atoms with Crippen LogP contribution >= 0.6 is 0 Å². The molecular formula is C63H51F9N3O13+. The highest BCUT2D eigenvalue weighted by atomic mass is 19.4. The Morgan fingerprint density at radius 3 is 1.35 bits per heavy atom. The third kappa shape index (κ3) is 10.3. The van der Waals surface area contributed by atoms with Crippen molar-refractivity contribution in [2.24, 2.45) is 5.92 Å². The van der Waals surface area contributed by atoms with Crippen LogP contribution in [0, 0.1) is 19.8 Å². The molecule has 1 aliphatic heterocycles. The molecule has 2 aliphatic rings. The number of halogens is 9. The second kappa shape index (κ2) is 22.5. The summed E-state index contributed by atoms with van der Waals surface area (Å²) in [6, 6.07) is 24.4. The Morgan fingerprint density at radius 2 is 0.920 bits per heavy atom. The molecule has 0 bridgehead atoms. The molecule has 3 heterocycles. The zero-order valence-electron chi connectivity index (χ0n) is 47.2. The van der Waals surface area contributed by atoms with Crippen LogP contribution in [0.3, 0.4) is 0 Å². The number of hydrogen-bond donors (Lipinski definition) is 2. The molecule has 458 valence electrons. The van der Waals surface area contributed by atoms with Crippen LogP contribution in [0.4, 0.5) is 45.2 Å². The maximum absolute atomic E-state index is 17.1. The number of aliphatic carboxylic acids is 2. The summed E-state index contributed by atoms with van der Waals surface area (Å²) < 4.78 is 151. The van der Waals surface area contributed by atoms with Gasteiger partial charge in [-0.05, 0) is 148 Å². The second-order valence-corrected chi connectivity index (χ2v) is 20.9. The number of allylic oxidation sites excluding steroid dienone is 1. The number of rotatable bonds is 16. The van der Waals surface area contributed by atoms with E-state index in [1.807, 2.05) is 0 Å². The fourth-order valence-electron chi connectivity index (χ4n) is 13.0. The van der Waals surface area contributed by atoms with Gasteiger partial charge in [-0.1, -0.05) is 12.8 Å². The number of quaternary nitrogens is 1. The number of carboxylic acids is 2. The first kappa shape index (κ1) is 61.3. The number of carbonyl (C=O) groups excluding carboxylic acids is 3. The summed E-state index contributed by atoms with van der Waals surface area (Å²) in [5.74, 6) is -11.2. The fourth-order valence-corrected chi connectivity index (χ4v) is 13.0. The van der Waals surface area contributed by atoms with Gasteiger partial charge in [0.25, 0.3) is 11.8 Å². The largest absolute Gasteiger partial charge is 0.573 e. The van der Waals surface area contributed by atoms with E-state index < -0.39 is 93.4 Å². The average Bonchev–Trinajstić information content (AvgIpc) is 1.46. The highest BCUT2D eigenvalue weighted by Gasteiger charge is 2.73. The number of methoxy groups -OCH3 is 3. The molecule has 25 heteroatoms. The Bertz CT molecular complexity index is 4160. The van der Waals surface area contributed by atoms with E-state index in [-0.39, 0.29) is 108 Å². The smallest absolute Gasteiger partial charge is 0.497 e. The zero-order valence-corrected chi connectivity index (χ0v) is 47.2. The third-order valence-corrected chi connectivity index (χ3v) is 16.3. The van der Waals surface area contributed by atoms with Crippen LogP contribution in [0.1, 0.15) is 97.7 Å². The molecule has 1 amide bonds. The van der Waals surface area contributed by atoms with Gasteiger partial charge >= 0.3 is 36.9 Å². The van der Waals surface area contributed by atoms with Crippen molar-refractivity contribution in [1.82, 2.24) is 13.6 Å². The summed E-state index contributed by atoms with van der Waals surface area (Å²) in [6.07, 6.45) is -14.6. The van der Waals surface area contributed by atoms with E-state index in [0.29, 0.717) is 12.8 Å². The molecule has 10 rings (SSSR count). The molecule has 0 saturated heterocycles. The van der Waals surface area contributed by atoms with Gasteiger partial charge in [-0.25, -0.2) is 9.59 Å². The molecule has 6 aromatic carbocycles. The number of aromatic nitrogens is 2. The quantitative estimate of drug-likeness (QED) is 0.0687. The Labute approximate surface area is 493 Å². The number of benzene rings is 6. The van der Waals surface area contributed by atoms with Gasteiger partial charge in [-0.15, -0.1) is 39.5 Å². The number of hydrogen-bond acceptors (Lipinski definition) is 11. The van der Waals surface area contributed by atoms with Crippen molar-refractivity contribution in [3.8, 4) is 34.5 Å². The van der Waals surface area contributed by atoms with Crippen molar-refractivity contribution in [3.05, 3.63) is 178 Å².